The van der Waals surface area contributed by atoms with Crippen molar-refractivity contribution in [1.29, 1.82) is 0 Å². The van der Waals surface area contributed by atoms with Crippen LogP contribution in [-0.2, 0) is 9.53 Å². The highest BCUT2D eigenvalue weighted by molar-refractivity contribution is 5.81. The largest absolute Gasteiger partial charge is 0.365 e. The number of likely N-dealkylation sites (tertiary alicyclic amines) is 1. The van der Waals surface area contributed by atoms with E-state index in [1.54, 1.807) is 0 Å². The van der Waals surface area contributed by atoms with Gasteiger partial charge in [0.05, 0.1) is 6.10 Å². The number of carbonyl (C=O) groups excluding carboxylic acids is 1. The standard InChI is InChI=1S/C14H24N2O2/c1-10-6-7-13(18-10)14(17)16-9-3-5-12(16)11-4-2-8-15-11/h10-13,15H,2-9H2,1H3. The first-order valence-corrected chi connectivity index (χ1v) is 7.45. The minimum Gasteiger partial charge on any atom is -0.365 e. The maximum atomic E-state index is 12.5. The van der Waals surface area contributed by atoms with Crippen LogP contribution in [-0.4, -0.2) is 48.2 Å². The molecule has 0 saturated carbocycles. The molecule has 0 aromatic heterocycles. The number of amides is 1. The van der Waals surface area contributed by atoms with E-state index >= 15 is 0 Å². The molecular formula is C14H24N2O2. The summed E-state index contributed by atoms with van der Waals surface area (Å²) in [6.07, 6.45) is 6.79. The van der Waals surface area contributed by atoms with Crippen molar-refractivity contribution in [2.45, 2.75) is 69.7 Å². The Morgan fingerprint density at radius 3 is 2.78 bits per heavy atom. The summed E-state index contributed by atoms with van der Waals surface area (Å²) in [6, 6.07) is 0.940. The van der Waals surface area contributed by atoms with Crippen molar-refractivity contribution >= 4 is 5.91 Å². The molecule has 3 aliphatic heterocycles. The number of hydrogen-bond donors (Lipinski definition) is 1. The van der Waals surface area contributed by atoms with Crippen LogP contribution in [0, 0.1) is 0 Å². The predicted octanol–water partition coefficient (Wildman–Crippen LogP) is 1.30. The summed E-state index contributed by atoms with van der Waals surface area (Å²) in [6.45, 7) is 4.10. The van der Waals surface area contributed by atoms with E-state index in [-0.39, 0.29) is 18.1 Å². The van der Waals surface area contributed by atoms with Gasteiger partial charge in [0.2, 0.25) is 0 Å². The Bertz CT molecular complexity index is 315. The molecule has 3 rings (SSSR count). The lowest BCUT2D eigenvalue weighted by molar-refractivity contribution is -0.143. The number of nitrogens with one attached hydrogen (secondary N) is 1. The van der Waals surface area contributed by atoms with Crippen LogP contribution in [0.15, 0.2) is 0 Å². The third-order valence-electron chi connectivity index (χ3n) is 4.65. The Kier molecular flexibility index (Phi) is 3.57. The molecule has 4 heteroatoms. The maximum absolute atomic E-state index is 12.5. The number of rotatable bonds is 2. The van der Waals surface area contributed by atoms with Crippen LogP contribution in [0.5, 0.6) is 0 Å². The summed E-state index contributed by atoms with van der Waals surface area (Å²) in [4.78, 5) is 14.6. The van der Waals surface area contributed by atoms with Gasteiger partial charge in [0.15, 0.2) is 0 Å². The molecule has 3 aliphatic rings. The lowest BCUT2D eigenvalue weighted by Crippen LogP contribution is -2.49. The quantitative estimate of drug-likeness (QED) is 0.805. The fourth-order valence-electron chi connectivity index (χ4n) is 3.69. The Morgan fingerprint density at radius 1 is 1.22 bits per heavy atom. The van der Waals surface area contributed by atoms with Gasteiger partial charge in [-0.1, -0.05) is 0 Å². The lowest BCUT2D eigenvalue weighted by Gasteiger charge is -2.31. The van der Waals surface area contributed by atoms with Gasteiger partial charge in [0.25, 0.3) is 5.91 Å². The zero-order chi connectivity index (χ0) is 12.5. The molecule has 0 aliphatic carbocycles. The van der Waals surface area contributed by atoms with Gasteiger partial charge < -0.3 is 15.0 Å². The number of ether oxygens (including phenoxy) is 1. The Labute approximate surface area is 109 Å². The fourth-order valence-corrected chi connectivity index (χ4v) is 3.69. The summed E-state index contributed by atoms with van der Waals surface area (Å²) in [5.41, 5.74) is 0. The van der Waals surface area contributed by atoms with Gasteiger partial charge in [-0.3, -0.25) is 4.79 Å². The van der Waals surface area contributed by atoms with E-state index in [9.17, 15) is 4.79 Å². The van der Waals surface area contributed by atoms with E-state index in [0.29, 0.717) is 12.1 Å². The van der Waals surface area contributed by atoms with Crippen molar-refractivity contribution in [3.8, 4) is 0 Å². The van der Waals surface area contributed by atoms with Crippen molar-refractivity contribution in [2.75, 3.05) is 13.1 Å². The summed E-state index contributed by atoms with van der Waals surface area (Å²) in [5.74, 6) is 0.246. The Hall–Kier alpha value is -0.610. The molecule has 4 nitrogen and oxygen atoms in total. The molecule has 1 N–H and O–H groups in total. The highest BCUT2D eigenvalue weighted by atomic mass is 16.5. The Balaban J connectivity index is 1.64. The van der Waals surface area contributed by atoms with E-state index in [1.807, 2.05) is 0 Å². The minimum atomic E-state index is -0.165. The van der Waals surface area contributed by atoms with Gasteiger partial charge in [-0.2, -0.15) is 0 Å². The van der Waals surface area contributed by atoms with Crippen molar-refractivity contribution in [2.24, 2.45) is 0 Å². The first-order chi connectivity index (χ1) is 8.75. The van der Waals surface area contributed by atoms with Crippen LogP contribution in [0.2, 0.25) is 0 Å². The van der Waals surface area contributed by atoms with E-state index < -0.39 is 0 Å². The lowest BCUT2D eigenvalue weighted by atomic mass is 10.0. The van der Waals surface area contributed by atoms with Gasteiger partial charge in [-0.05, 0) is 52.0 Å². The molecule has 18 heavy (non-hydrogen) atoms. The second-order valence-electron chi connectivity index (χ2n) is 5.96. The van der Waals surface area contributed by atoms with Crippen LogP contribution in [0.25, 0.3) is 0 Å². The molecule has 3 saturated heterocycles. The van der Waals surface area contributed by atoms with E-state index in [4.69, 9.17) is 4.74 Å². The monoisotopic (exact) mass is 252 g/mol. The van der Waals surface area contributed by atoms with Gasteiger partial charge in [-0.25, -0.2) is 0 Å². The molecule has 0 aromatic carbocycles. The minimum absolute atomic E-state index is 0.165. The van der Waals surface area contributed by atoms with Crippen molar-refractivity contribution in [3.05, 3.63) is 0 Å². The average Bonchev–Trinajstić information content (AvgIpc) is 3.08. The molecular weight excluding hydrogens is 228 g/mol. The average molecular weight is 252 g/mol. The third kappa shape index (κ3) is 2.28. The highest BCUT2D eigenvalue weighted by Gasteiger charge is 2.40. The maximum Gasteiger partial charge on any atom is 0.252 e. The molecule has 4 atom stereocenters. The highest BCUT2D eigenvalue weighted by Crippen LogP contribution is 2.28. The normalized spacial score (nSPS) is 40.6. The molecule has 0 aromatic rings. The van der Waals surface area contributed by atoms with Gasteiger partial charge in [0.1, 0.15) is 6.10 Å². The first kappa shape index (κ1) is 12.4. The van der Waals surface area contributed by atoms with E-state index in [2.05, 4.69) is 17.1 Å². The van der Waals surface area contributed by atoms with Crippen LogP contribution in [0.4, 0.5) is 0 Å². The van der Waals surface area contributed by atoms with Crippen LogP contribution < -0.4 is 5.32 Å². The number of hydrogen-bond acceptors (Lipinski definition) is 3. The SMILES string of the molecule is CC1CCC(C(=O)N2CCCC2C2CCCN2)O1. The van der Waals surface area contributed by atoms with Crippen LogP contribution >= 0.6 is 0 Å². The Morgan fingerprint density at radius 2 is 2.11 bits per heavy atom. The number of carbonyl (C=O) groups is 1. The summed E-state index contributed by atoms with van der Waals surface area (Å²) >= 11 is 0. The molecule has 0 radical (unpaired) electrons. The van der Waals surface area contributed by atoms with Gasteiger partial charge >= 0.3 is 0 Å². The first-order valence-electron chi connectivity index (χ1n) is 7.45. The fraction of sp³-hybridized carbons (Fsp3) is 0.929. The molecule has 3 fully saturated rings. The van der Waals surface area contributed by atoms with E-state index in [0.717, 1.165) is 38.8 Å². The van der Waals surface area contributed by atoms with Gasteiger partial charge in [-0.15, -0.1) is 0 Å². The predicted molar refractivity (Wildman–Crippen MR) is 69.3 cm³/mol. The molecule has 4 unspecified atom stereocenters. The second-order valence-corrected chi connectivity index (χ2v) is 5.96. The zero-order valence-corrected chi connectivity index (χ0v) is 11.2. The van der Waals surface area contributed by atoms with Crippen LogP contribution in [0.3, 0.4) is 0 Å². The molecule has 1 amide bonds. The molecule has 0 bridgehead atoms. The van der Waals surface area contributed by atoms with Crippen LogP contribution in [0.1, 0.15) is 45.4 Å². The topological polar surface area (TPSA) is 41.6 Å². The number of nitrogens with zero attached hydrogens (tertiary/aromatic N) is 1. The molecule has 3 heterocycles. The third-order valence-corrected chi connectivity index (χ3v) is 4.65. The zero-order valence-electron chi connectivity index (χ0n) is 11.2. The smallest absolute Gasteiger partial charge is 0.252 e. The molecule has 0 spiro atoms. The van der Waals surface area contributed by atoms with Crippen molar-refractivity contribution < 1.29 is 9.53 Å². The van der Waals surface area contributed by atoms with Gasteiger partial charge in [0, 0.05) is 18.6 Å². The van der Waals surface area contributed by atoms with E-state index in [1.165, 1.54) is 12.8 Å². The summed E-state index contributed by atoms with van der Waals surface area (Å²) < 4.78 is 5.73. The summed E-state index contributed by atoms with van der Waals surface area (Å²) in [7, 11) is 0. The molecule has 102 valence electrons. The summed E-state index contributed by atoms with van der Waals surface area (Å²) in [5, 5.41) is 3.55. The second kappa shape index (κ2) is 5.17. The van der Waals surface area contributed by atoms with Crippen molar-refractivity contribution in [3.63, 3.8) is 0 Å². The van der Waals surface area contributed by atoms with Crippen molar-refractivity contribution in [1.82, 2.24) is 10.2 Å².